The summed E-state index contributed by atoms with van der Waals surface area (Å²) in [5.41, 5.74) is 0.927. The lowest BCUT2D eigenvalue weighted by Crippen LogP contribution is -2.46. The van der Waals surface area contributed by atoms with Crippen LogP contribution in [0.25, 0.3) is 0 Å². The maximum atomic E-state index is 12.4. The molecule has 5 nitrogen and oxygen atoms in total. The molecule has 1 N–H and O–H groups in total. The van der Waals surface area contributed by atoms with E-state index in [2.05, 4.69) is 12.2 Å². The van der Waals surface area contributed by atoms with E-state index < -0.39 is 6.09 Å². The van der Waals surface area contributed by atoms with Crippen molar-refractivity contribution in [2.24, 2.45) is 5.92 Å². The molecule has 23 heavy (non-hydrogen) atoms. The predicted octanol–water partition coefficient (Wildman–Crippen LogP) is 2.70. The average molecular weight is 316 g/mol. The van der Waals surface area contributed by atoms with E-state index in [1.807, 2.05) is 35.2 Å². The molecule has 3 rings (SSSR count). The molecule has 5 heteroatoms. The van der Waals surface area contributed by atoms with Gasteiger partial charge in [0.05, 0.1) is 0 Å². The molecule has 0 radical (unpaired) electrons. The third kappa shape index (κ3) is 4.47. The molecular weight excluding hydrogens is 292 g/mol. The number of alkyl carbamates (subject to hydrolysis) is 1. The van der Waals surface area contributed by atoms with Gasteiger partial charge in [-0.05, 0) is 44.1 Å². The molecule has 2 fully saturated rings. The number of nitrogens with zero attached hydrogens (tertiary/aromatic N) is 1. The number of hydrogen-bond donors (Lipinski definition) is 1. The Balaban J connectivity index is 1.43. The van der Waals surface area contributed by atoms with Gasteiger partial charge in [0.1, 0.15) is 13.2 Å². The van der Waals surface area contributed by atoms with Gasteiger partial charge in [0.2, 0.25) is 5.91 Å². The van der Waals surface area contributed by atoms with Crippen LogP contribution >= 0.6 is 0 Å². The maximum absolute atomic E-state index is 12.4. The van der Waals surface area contributed by atoms with Crippen molar-refractivity contribution in [1.82, 2.24) is 10.2 Å². The van der Waals surface area contributed by atoms with E-state index in [9.17, 15) is 9.59 Å². The van der Waals surface area contributed by atoms with Crippen molar-refractivity contribution in [3.63, 3.8) is 0 Å². The smallest absolute Gasteiger partial charge is 0.407 e. The molecule has 1 atom stereocenters. The molecule has 2 aliphatic carbocycles. The van der Waals surface area contributed by atoms with E-state index in [1.165, 1.54) is 12.8 Å². The maximum Gasteiger partial charge on any atom is 0.407 e. The van der Waals surface area contributed by atoms with Crippen molar-refractivity contribution < 1.29 is 14.3 Å². The van der Waals surface area contributed by atoms with Gasteiger partial charge in [-0.2, -0.15) is 0 Å². The molecule has 0 aromatic heterocycles. The van der Waals surface area contributed by atoms with Gasteiger partial charge in [-0.25, -0.2) is 4.79 Å². The fourth-order valence-electron chi connectivity index (χ4n) is 2.93. The number of carbonyl (C=O) groups is 2. The Morgan fingerprint density at radius 3 is 2.52 bits per heavy atom. The van der Waals surface area contributed by atoms with Gasteiger partial charge in [-0.1, -0.05) is 30.3 Å². The van der Waals surface area contributed by atoms with Crippen LogP contribution in [-0.4, -0.2) is 35.5 Å². The molecule has 0 bridgehead atoms. The molecule has 1 unspecified atom stereocenters. The highest BCUT2D eigenvalue weighted by Crippen LogP contribution is 2.39. The van der Waals surface area contributed by atoms with Crippen LogP contribution in [0.4, 0.5) is 4.79 Å². The third-order valence-corrected chi connectivity index (χ3v) is 4.57. The Kier molecular flexibility index (Phi) is 4.84. The molecule has 2 saturated carbocycles. The minimum absolute atomic E-state index is 0.00330. The van der Waals surface area contributed by atoms with Crippen LogP contribution in [0, 0.1) is 5.92 Å². The quantitative estimate of drug-likeness (QED) is 0.841. The highest BCUT2D eigenvalue weighted by molar-refractivity contribution is 5.83. The third-order valence-electron chi connectivity index (χ3n) is 4.57. The Hall–Kier alpha value is -2.04. The highest BCUT2D eigenvalue weighted by Gasteiger charge is 2.41. The zero-order valence-electron chi connectivity index (χ0n) is 13.5. The van der Waals surface area contributed by atoms with Gasteiger partial charge >= 0.3 is 6.09 Å². The lowest BCUT2D eigenvalue weighted by molar-refractivity contribution is -0.133. The van der Waals surface area contributed by atoms with Crippen LogP contribution in [-0.2, 0) is 16.1 Å². The van der Waals surface area contributed by atoms with Crippen LogP contribution < -0.4 is 5.32 Å². The summed E-state index contributed by atoms with van der Waals surface area (Å²) in [5.74, 6) is 0.646. The van der Waals surface area contributed by atoms with Crippen molar-refractivity contribution >= 4 is 12.0 Å². The lowest BCUT2D eigenvalue weighted by Gasteiger charge is -2.29. The first-order valence-corrected chi connectivity index (χ1v) is 8.41. The van der Waals surface area contributed by atoms with Gasteiger partial charge in [0.15, 0.2) is 0 Å². The van der Waals surface area contributed by atoms with Gasteiger partial charge in [-0.3, -0.25) is 4.79 Å². The minimum atomic E-state index is -0.544. The monoisotopic (exact) mass is 316 g/mol. The van der Waals surface area contributed by atoms with Crippen molar-refractivity contribution in [1.29, 1.82) is 0 Å². The second-order valence-corrected chi connectivity index (χ2v) is 6.53. The van der Waals surface area contributed by atoms with Gasteiger partial charge in [0, 0.05) is 12.1 Å². The van der Waals surface area contributed by atoms with Crippen LogP contribution in [0.3, 0.4) is 0 Å². The molecule has 0 spiro atoms. The molecule has 0 heterocycles. The summed E-state index contributed by atoms with van der Waals surface area (Å²) in [5, 5.41) is 2.58. The number of nitrogens with one attached hydrogen (secondary N) is 1. The predicted molar refractivity (Wildman–Crippen MR) is 86.7 cm³/mol. The van der Waals surface area contributed by atoms with Crippen molar-refractivity contribution in [2.45, 2.75) is 51.3 Å². The summed E-state index contributed by atoms with van der Waals surface area (Å²) in [6.07, 6.45) is 4.05. The molecule has 2 amide bonds. The Morgan fingerprint density at radius 1 is 1.22 bits per heavy atom. The summed E-state index contributed by atoms with van der Waals surface area (Å²) in [7, 11) is 0. The summed E-state index contributed by atoms with van der Waals surface area (Å²) in [4.78, 5) is 26.2. The first-order chi connectivity index (χ1) is 11.1. The number of ether oxygens (including phenoxy) is 1. The molecule has 2 aliphatic rings. The standard InChI is InChI=1S/C18H24N2O3/c1-13(15-7-8-15)20(16-9-10-16)17(21)11-19-18(22)23-12-14-5-3-2-4-6-14/h2-6,13,15-16H,7-12H2,1H3,(H,19,22). The average Bonchev–Trinajstić information content (AvgIpc) is 3.44. The molecular formula is C18H24N2O3. The zero-order valence-corrected chi connectivity index (χ0v) is 13.5. The van der Waals surface area contributed by atoms with E-state index in [0.29, 0.717) is 12.0 Å². The molecule has 0 aliphatic heterocycles. The number of amides is 2. The lowest BCUT2D eigenvalue weighted by atomic mass is 10.1. The Labute approximate surface area is 137 Å². The number of benzene rings is 1. The topological polar surface area (TPSA) is 58.6 Å². The minimum Gasteiger partial charge on any atom is -0.445 e. The van der Waals surface area contributed by atoms with Gasteiger partial charge < -0.3 is 15.0 Å². The SMILES string of the molecule is CC(C1CC1)N(C(=O)CNC(=O)OCc1ccccc1)C1CC1. The molecule has 1 aromatic rings. The van der Waals surface area contributed by atoms with Crippen LogP contribution in [0.2, 0.25) is 0 Å². The normalized spacial score (nSPS) is 18.1. The van der Waals surface area contributed by atoms with Crippen molar-refractivity contribution in [2.75, 3.05) is 6.54 Å². The van der Waals surface area contributed by atoms with Gasteiger partial charge in [-0.15, -0.1) is 0 Å². The summed E-state index contributed by atoms with van der Waals surface area (Å²) < 4.78 is 5.13. The second kappa shape index (κ2) is 7.02. The number of hydrogen-bond acceptors (Lipinski definition) is 3. The summed E-state index contributed by atoms with van der Waals surface area (Å²) in [6, 6.07) is 10.2. The largest absolute Gasteiger partial charge is 0.445 e. The van der Waals surface area contributed by atoms with Crippen molar-refractivity contribution in [3.8, 4) is 0 Å². The Morgan fingerprint density at radius 2 is 1.91 bits per heavy atom. The summed E-state index contributed by atoms with van der Waals surface area (Å²) in [6.45, 7) is 2.36. The summed E-state index contributed by atoms with van der Waals surface area (Å²) >= 11 is 0. The van der Waals surface area contributed by atoms with E-state index in [4.69, 9.17) is 4.74 Å². The van der Waals surface area contributed by atoms with E-state index in [0.717, 1.165) is 18.4 Å². The second-order valence-electron chi connectivity index (χ2n) is 6.53. The van der Waals surface area contributed by atoms with Crippen LogP contribution in [0.1, 0.15) is 38.2 Å². The fourth-order valence-corrected chi connectivity index (χ4v) is 2.93. The van der Waals surface area contributed by atoms with E-state index in [-0.39, 0.29) is 25.1 Å². The zero-order chi connectivity index (χ0) is 16.2. The van der Waals surface area contributed by atoms with E-state index in [1.54, 1.807) is 0 Å². The molecule has 124 valence electrons. The number of rotatable bonds is 7. The first kappa shape index (κ1) is 15.8. The van der Waals surface area contributed by atoms with E-state index >= 15 is 0 Å². The number of carbonyl (C=O) groups excluding carboxylic acids is 2. The first-order valence-electron chi connectivity index (χ1n) is 8.41. The fraction of sp³-hybridized carbons (Fsp3) is 0.556. The van der Waals surface area contributed by atoms with Crippen LogP contribution in [0.5, 0.6) is 0 Å². The highest BCUT2D eigenvalue weighted by atomic mass is 16.5. The van der Waals surface area contributed by atoms with Gasteiger partial charge in [0.25, 0.3) is 0 Å². The molecule has 1 aromatic carbocycles. The Bertz CT molecular complexity index is 553. The molecule has 0 saturated heterocycles. The van der Waals surface area contributed by atoms with Crippen molar-refractivity contribution in [3.05, 3.63) is 35.9 Å². The van der Waals surface area contributed by atoms with Crippen LogP contribution in [0.15, 0.2) is 30.3 Å².